The molecule has 1 saturated heterocycles. The summed E-state index contributed by atoms with van der Waals surface area (Å²) >= 11 is 0. The van der Waals surface area contributed by atoms with Gasteiger partial charge in [-0.3, -0.25) is 4.79 Å². The van der Waals surface area contributed by atoms with Crippen LogP contribution in [0, 0.1) is 18.9 Å². The highest BCUT2D eigenvalue weighted by Gasteiger charge is 2.24. The zero-order valence-electron chi connectivity index (χ0n) is 20.5. The summed E-state index contributed by atoms with van der Waals surface area (Å²) in [5.74, 6) is 1.60. The molecule has 176 valence electrons. The third-order valence-electron chi connectivity index (χ3n) is 5.58. The van der Waals surface area contributed by atoms with Crippen molar-refractivity contribution in [3.63, 3.8) is 0 Å². The lowest BCUT2D eigenvalue weighted by atomic mass is 9.96. The van der Waals surface area contributed by atoms with Crippen LogP contribution in [-0.4, -0.2) is 48.5 Å². The molecule has 33 heavy (non-hydrogen) atoms. The summed E-state index contributed by atoms with van der Waals surface area (Å²) in [5.41, 5.74) is 2.76. The van der Waals surface area contributed by atoms with E-state index in [0.29, 0.717) is 35.3 Å². The lowest BCUT2D eigenvalue weighted by Gasteiger charge is -2.29. The average molecular weight is 450 g/mol. The molecule has 1 aliphatic heterocycles. The molecule has 0 bridgehead atoms. The van der Waals surface area contributed by atoms with Crippen LogP contribution >= 0.6 is 0 Å². The number of Topliss-reactive ketones (excluding diaryl/α,β-unsaturated/α-hetero) is 1. The van der Waals surface area contributed by atoms with E-state index < -0.39 is 0 Å². The monoisotopic (exact) mass is 449 g/mol. The first kappa shape index (κ1) is 24.5. The number of rotatable bonds is 8. The number of nitrogens with one attached hydrogen (secondary N) is 3. The normalized spacial score (nSPS) is 15.7. The number of carbonyl (C=O) groups excluding carboxylic acids is 1. The Labute approximate surface area is 197 Å². The Morgan fingerprint density at radius 2 is 2.09 bits per heavy atom. The number of anilines is 4. The van der Waals surface area contributed by atoms with Gasteiger partial charge in [0.1, 0.15) is 11.6 Å². The van der Waals surface area contributed by atoms with E-state index in [1.807, 2.05) is 44.0 Å². The maximum Gasteiger partial charge on any atom is 0.269 e. The van der Waals surface area contributed by atoms with Gasteiger partial charge in [-0.15, -0.1) is 0 Å². The SMILES string of the molecule is [C-]#[N+]c1c(Nc2cc(C(=O)CC)ccc2C)nc(N[C@@H]2CCNC2)nc1N(C)CC(C)(C)C. The predicted molar refractivity (Wildman–Crippen MR) is 135 cm³/mol. The molecule has 0 unspecified atom stereocenters. The van der Waals surface area contributed by atoms with Gasteiger partial charge < -0.3 is 20.9 Å². The standard InChI is InChI=1S/C25H35N7O/c1-8-20(33)17-10-9-16(2)19(13-17)29-22-21(26-6)23(32(7)15-25(3,4)5)31-24(30-22)28-18-11-12-27-14-18/h9-10,13,18,27H,8,11-12,14-15H2,1-5,7H3,(H2,28,29,30,31)/t18-/m1/s1. The van der Waals surface area contributed by atoms with E-state index in [1.54, 1.807) is 0 Å². The number of aryl methyl sites for hydroxylation is 1. The van der Waals surface area contributed by atoms with Gasteiger partial charge in [0.05, 0.1) is 6.57 Å². The molecule has 2 heterocycles. The van der Waals surface area contributed by atoms with Crippen molar-refractivity contribution < 1.29 is 4.79 Å². The van der Waals surface area contributed by atoms with E-state index >= 15 is 0 Å². The van der Waals surface area contributed by atoms with E-state index in [-0.39, 0.29) is 17.2 Å². The van der Waals surface area contributed by atoms with Crippen LogP contribution in [-0.2, 0) is 0 Å². The van der Waals surface area contributed by atoms with E-state index in [1.165, 1.54) is 0 Å². The third kappa shape index (κ3) is 6.20. The van der Waals surface area contributed by atoms with Crippen LogP contribution in [0.15, 0.2) is 18.2 Å². The molecule has 0 spiro atoms. The molecule has 1 aromatic heterocycles. The van der Waals surface area contributed by atoms with Crippen LogP contribution in [0.2, 0.25) is 0 Å². The Morgan fingerprint density at radius 1 is 1.33 bits per heavy atom. The van der Waals surface area contributed by atoms with E-state index in [0.717, 1.165) is 37.3 Å². The Balaban J connectivity index is 2.06. The molecule has 0 amide bonds. The number of nitrogens with zero attached hydrogens (tertiary/aromatic N) is 4. The summed E-state index contributed by atoms with van der Waals surface area (Å²) < 4.78 is 0. The molecule has 2 aromatic rings. The van der Waals surface area contributed by atoms with Crippen molar-refractivity contribution in [2.45, 2.75) is 53.5 Å². The lowest BCUT2D eigenvalue weighted by Crippen LogP contribution is -2.30. The fourth-order valence-corrected chi connectivity index (χ4v) is 3.97. The van der Waals surface area contributed by atoms with E-state index in [4.69, 9.17) is 16.5 Å². The van der Waals surface area contributed by atoms with Gasteiger partial charge in [0.25, 0.3) is 5.69 Å². The maximum atomic E-state index is 12.3. The number of benzene rings is 1. The second kappa shape index (κ2) is 10.2. The highest BCUT2D eigenvalue weighted by molar-refractivity contribution is 5.97. The topological polar surface area (TPSA) is 86.5 Å². The van der Waals surface area contributed by atoms with Crippen LogP contribution < -0.4 is 20.9 Å². The Morgan fingerprint density at radius 3 is 2.70 bits per heavy atom. The quantitative estimate of drug-likeness (QED) is 0.389. The Kier molecular flexibility index (Phi) is 7.54. The van der Waals surface area contributed by atoms with Gasteiger partial charge in [-0.1, -0.05) is 39.8 Å². The summed E-state index contributed by atoms with van der Waals surface area (Å²) in [7, 11) is 1.96. The number of ketones is 1. The molecule has 1 fully saturated rings. The van der Waals surface area contributed by atoms with Crippen molar-refractivity contribution in [2.75, 3.05) is 42.2 Å². The molecule has 0 saturated carbocycles. The smallest absolute Gasteiger partial charge is 0.269 e. The molecule has 8 heteroatoms. The zero-order valence-corrected chi connectivity index (χ0v) is 20.5. The van der Waals surface area contributed by atoms with Gasteiger partial charge in [0, 0.05) is 43.9 Å². The second-order valence-corrected chi connectivity index (χ2v) is 9.86. The van der Waals surface area contributed by atoms with Crippen LogP contribution in [0.5, 0.6) is 0 Å². The Bertz CT molecular complexity index is 1050. The molecular weight excluding hydrogens is 414 g/mol. The molecule has 3 rings (SSSR count). The molecule has 8 nitrogen and oxygen atoms in total. The third-order valence-corrected chi connectivity index (χ3v) is 5.58. The first-order valence-corrected chi connectivity index (χ1v) is 11.5. The van der Waals surface area contributed by atoms with Crippen molar-refractivity contribution in [3.8, 4) is 0 Å². The maximum absolute atomic E-state index is 12.3. The summed E-state index contributed by atoms with van der Waals surface area (Å²) in [6.07, 6.45) is 1.43. The molecule has 0 radical (unpaired) electrons. The van der Waals surface area contributed by atoms with Crippen molar-refractivity contribution in [1.29, 1.82) is 0 Å². The van der Waals surface area contributed by atoms with Crippen LogP contribution in [0.25, 0.3) is 4.85 Å². The number of hydrogen-bond donors (Lipinski definition) is 3. The van der Waals surface area contributed by atoms with Gasteiger partial charge in [0.15, 0.2) is 5.78 Å². The van der Waals surface area contributed by atoms with Gasteiger partial charge in [-0.2, -0.15) is 0 Å². The summed E-state index contributed by atoms with van der Waals surface area (Å²) in [6, 6.07) is 5.83. The lowest BCUT2D eigenvalue weighted by molar-refractivity contribution is 0.0988. The molecule has 1 aromatic carbocycles. The number of hydrogen-bond acceptors (Lipinski definition) is 7. The number of carbonyl (C=O) groups is 1. The average Bonchev–Trinajstić information content (AvgIpc) is 3.26. The van der Waals surface area contributed by atoms with Gasteiger partial charge in [-0.05, 0) is 36.9 Å². The second-order valence-electron chi connectivity index (χ2n) is 9.86. The highest BCUT2D eigenvalue weighted by Crippen LogP contribution is 2.37. The first-order valence-electron chi connectivity index (χ1n) is 11.5. The van der Waals surface area contributed by atoms with Crippen LogP contribution in [0.4, 0.5) is 29.0 Å². The minimum absolute atomic E-state index is 0.0288. The van der Waals surface area contributed by atoms with E-state index in [2.05, 4.69) is 41.6 Å². The highest BCUT2D eigenvalue weighted by atomic mass is 16.1. The fraction of sp³-hybridized carbons (Fsp3) is 0.520. The Hall–Kier alpha value is -3.18. The summed E-state index contributed by atoms with van der Waals surface area (Å²) in [5, 5.41) is 10.1. The molecule has 0 aliphatic carbocycles. The summed E-state index contributed by atoms with van der Waals surface area (Å²) in [6.45, 7) is 20.7. The van der Waals surface area contributed by atoms with Gasteiger partial charge in [0.2, 0.25) is 5.95 Å². The molecule has 1 aliphatic rings. The largest absolute Gasteiger partial charge is 0.368 e. The molecule has 3 N–H and O–H groups in total. The van der Waals surface area contributed by atoms with Crippen LogP contribution in [0.1, 0.15) is 56.5 Å². The molecule has 1 atom stereocenters. The minimum Gasteiger partial charge on any atom is -0.368 e. The van der Waals surface area contributed by atoms with Crippen molar-refractivity contribution in [3.05, 3.63) is 40.7 Å². The minimum atomic E-state index is 0.0288. The zero-order chi connectivity index (χ0) is 24.2. The molecular formula is C25H35N7O. The summed E-state index contributed by atoms with van der Waals surface area (Å²) in [4.78, 5) is 27.5. The van der Waals surface area contributed by atoms with E-state index in [9.17, 15) is 4.79 Å². The van der Waals surface area contributed by atoms with Crippen molar-refractivity contribution >= 4 is 34.7 Å². The van der Waals surface area contributed by atoms with Crippen molar-refractivity contribution in [2.24, 2.45) is 5.41 Å². The fourth-order valence-electron chi connectivity index (χ4n) is 3.97. The number of aromatic nitrogens is 2. The van der Waals surface area contributed by atoms with Gasteiger partial charge in [-0.25, -0.2) is 14.8 Å². The van der Waals surface area contributed by atoms with Crippen molar-refractivity contribution in [1.82, 2.24) is 15.3 Å². The van der Waals surface area contributed by atoms with Crippen LogP contribution in [0.3, 0.4) is 0 Å². The predicted octanol–water partition coefficient (Wildman–Crippen LogP) is 4.93. The first-order chi connectivity index (χ1) is 15.6. The van der Waals surface area contributed by atoms with Gasteiger partial charge >= 0.3 is 0 Å².